The Labute approximate surface area is 99.8 Å². The van der Waals surface area contributed by atoms with E-state index < -0.39 is 0 Å². The van der Waals surface area contributed by atoms with Crippen LogP contribution in [0.25, 0.3) is 6.08 Å². The average Bonchev–Trinajstić information content (AvgIpc) is 2.28. The lowest BCUT2D eigenvalue weighted by Crippen LogP contribution is -2.32. The summed E-state index contributed by atoms with van der Waals surface area (Å²) >= 11 is 0. The molecule has 1 aromatic rings. The largest absolute Gasteiger partial charge is 0.299 e. The Morgan fingerprint density at radius 1 is 1.25 bits per heavy atom. The number of rotatable bonds is 5. The van der Waals surface area contributed by atoms with Gasteiger partial charge in [0.25, 0.3) is 0 Å². The predicted molar refractivity (Wildman–Crippen MR) is 72.3 cm³/mol. The Bertz CT molecular complexity index is 341. The summed E-state index contributed by atoms with van der Waals surface area (Å²) in [6.07, 6.45) is 1.93. The van der Waals surface area contributed by atoms with Crippen LogP contribution in [0.2, 0.25) is 0 Å². The third-order valence-corrected chi connectivity index (χ3v) is 3.35. The molecular weight excluding hydrogens is 194 g/mol. The lowest BCUT2D eigenvalue weighted by Gasteiger charge is -2.28. The quantitative estimate of drug-likeness (QED) is 0.725. The molecular formula is C15H23N. The van der Waals surface area contributed by atoms with Crippen LogP contribution in [0.1, 0.15) is 31.9 Å². The minimum Gasteiger partial charge on any atom is -0.299 e. The van der Waals surface area contributed by atoms with E-state index in [0.29, 0.717) is 12.0 Å². The molecule has 0 spiro atoms. The van der Waals surface area contributed by atoms with E-state index in [1.165, 1.54) is 11.1 Å². The fraction of sp³-hybridized carbons (Fsp3) is 0.467. The molecule has 0 N–H and O–H groups in total. The molecule has 1 heteroatoms. The first-order chi connectivity index (χ1) is 7.56. The van der Waals surface area contributed by atoms with Gasteiger partial charge in [-0.25, -0.2) is 0 Å². The smallest absolute Gasteiger partial charge is 0.0239 e. The maximum absolute atomic E-state index is 3.86. The fourth-order valence-electron chi connectivity index (χ4n) is 1.80. The molecule has 0 saturated carbocycles. The molecule has 0 aliphatic heterocycles. The van der Waals surface area contributed by atoms with E-state index in [0.717, 1.165) is 6.54 Å². The van der Waals surface area contributed by atoms with Crippen LogP contribution in [-0.2, 0) is 6.54 Å². The number of benzene rings is 1. The van der Waals surface area contributed by atoms with Crippen molar-refractivity contribution in [3.8, 4) is 0 Å². The minimum atomic E-state index is 0.595. The second kappa shape index (κ2) is 5.86. The molecule has 0 radical (unpaired) electrons. The first kappa shape index (κ1) is 13.0. The van der Waals surface area contributed by atoms with Crippen LogP contribution in [0.3, 0.4) is 0 Å². The molecule has 1 rings (SSSR count). The molecule has 88 valence electrons. The summed E-state index contributed by atoms with van der Waals surface area (Å²) in [5, 5.41) is 0. The third kappa shape index (κ3) is 3.21. The van der Waals surface area contributed by atoms with Gasteiger partial charge in [-0.1, -0.05) is 50.8 Å². The van der Waals surface area contributed by atoms with E-state index >= 15 is 0 Å². The zero-order valence-electron chi connectivity index (χ0n) is 10.9. The molecule has 1 unspecified atom stereocenters. The second-order valence-electron chi connectivity index (χ2n) is 4.80. The summed E-state index contributed by atoms with van der Waals surface area (Å²) in [6, 6.07) is 9.05. The van der Waals surface area contributed by atoms with Crippen molar-refractivity contribution in [3.05, 3.63) is 42.0 Å². The molecule has 0 aliphatic rings. The zero-order valence-corrected chi connectivity index (χ0v) is 10.9. The summed E-state index contributed by atoms with van der Waals surface area (Å²) in [4.78, 5) is 2.40. The molecule has 0 aliphatic carbocycles. The minimum absolute atomic E-state index is 0.595. The molecule has 1 aromatic carbocycles. The molecule has 1 atom stereocenters. The van der Waals surface area contributed by atoms with Crippen molar-refractivity contribution in [1.82, 2.24) is 4.90 Å². The average molecular weight is 217 g/mol. The summed E-state index contributed by atoms with van der Waals surface area (Å²) in [6.45, 7) is 11.7. The van der Waals surface area contributed by atoms with Crippen molar-refractivity contribution < 1.29 is 0 Å². The van der Waals surface area contributed by atoms with Gasteiger partial charge in [-0.05, 0) is 31.0 Å². The SMILES string of the molecule is C=Cc1ccccc1CN(C)C(C)C(C)C. The fourth-order valence-corrected chi connectivity index (χ4v) is 1.80. The van der Waals surface area contributed by atoms with Crippen LogP contribution in [0.5, 0.6) is 0 Å². The Kier molecular flexibility index (Phi) is 4.75. The lowest BCUT2D eigenvalue weighted by atomic mass is 10.0. The van der Waals surface area contributed by atoms with Crippen LogP contribution in [0.4, 0.5) is 0 Å². The molecule has 0 aromatic heterocycles. The van der Waals surface area contributed by atoms with Crippen LogP contribution >= 0.6 is 0 Å². The normalized spacial score (nSPS) is 13.1. The summed E-state index contributed by atoms with van der Waals surface area (Å²) in [5.74, 6) is 0.681. The van der Waals surface area contributed by atoms with Gasteiger partial charge < -0.3 is 0 Å². The zero-order chi connectivity index (χ0) is 12.1. The number of hydrogen-bond acceptors (Lipinski definition) is 1. The first-order valence-corrected chi connectivity index (χ1v) is 5.96. The molecule has 16 heavy (non-hydrogen) atoms. The van der Waals surface area contributed by atoms with Gasteiger partial charge in [-0.2, -0.15) is 0 Å². The Balaban J connectivity index is 2.76. The van der Waals surface area contributed by atoms with Gasteiger partial charge >= 0.3 is 0 Å². The standard InChI is InChI=1S/C15H23N/c1-6-14-9-7-8-10-15(14)11-16(5)13(4)12(2)3/h6-10,12-13H,1,11H2,2-5H3. The van der Waals surface area contributed by atoms with E-state index in [2.05, 4.69) is 63.6 Å². The summed E-state index contributed by atoms with van der Waals surface area (Å²) in [7, 11) is 2.19. The first-order valence-electron chi connectivity index (χ1n) is 5.96. The van der Waals surface area contributed by atoms with Crippen LogP contribution in [0, 0.1) is 5.92 Å². The molecule has 0 fully saturated rings. The van der Waals surface area contributed by atoms with Crippen molar-refractivity contribution in [2.24, 2.45) is 5.92 Å². The van der Waals surface area contributed by atoms with Crippen molar-refractivity contribution in [1.29, 1.82) is 0 Å². The highest BCUT2D eigenvalue weighted by Gasteiger charge is 2.13. The van der Waals surface area contributed by atoms with Crippen LogP contribution in [-0.4, -0.2) is 18.0 Å². The maximum Gasteiger partial charge on any atom is 0.0239 e. The van der Waals surface area contributed by atoms with Gasteiger partial charge in [0.05, 0.1) is 0 Å². The van der Waals surface area contributed by atoms with Gasteiger partial charge in [0.15, 0.2) is 0 Å². The summed E-state index contributed by atoms with van der Waals surface area (Å²) < 4.78 is 0. The van der Waals surface area contributed by atoms with Gasteiger partial charge in [-0.3, -0.25) is 4.90 Å². The molecule has 0 bridgehead atoms. The maximum atomic E-state index is 3.86. The van der Waals surface area contributed by atoms with E-state index in [4.69, 9.17) is 0 Å². The van der Waals surface area contributed by atoms with Gasteiger partial charge in [0.1, 0.15) is 0 Å². The van der Waals surface area contributed by atoms with Gasteiger partial charge in [0.2, 0.25) is 0 Å². The van der Waals surface area contributed by atoms with Crippen molar-refractivity contribution in [2.45, 2.75) is 33.4 Å². The Hall–Kier alpha value is -1.08. The molecule has 0 amide bonds. The van der Waals surface area contributed by atoms with Crippen molar-refractivity contribution in [3.63, 3.8) is 0 Å². The van der Waals surface area contributed by atoms with Crippen LogP contribution < -0.4 is 0 Å². The molecule has 0 heterocycles. The molecule has 0 saturated heterocycles. The summed E-state index contributed by atoms with van der Waals surface area (Å²) in [5.41, 5.74) is 2.60. The van der Waals surface area contributed by atoms with E-state index in [9.17, 15) is 0 Å². The van der Waals surface area contributed by atoms with Crippen molar-refractivity contribution in [2.75, 3.05) is 7.05 Å². The number of nitrogens with zero attached hydrogens (tertiary/aromatic N) is 1. The highest BCUT2D eigenvalue weighted by Crippen LogP contribution is 2.16. The monoisotopic (exact) mass is 217 g/mol. The predicted octanol–water partition coefficient (Wildman–Crippen LogP) is 3.81. The highest BCUT2D eigenvalue weighted by molar-refractivity contribution is 5.51. The second-order valence-corrected chi connectivity index (χ2v) is 4.80. The van der Waals surface area contributed by atoms with E-state index in [-0.39, 0.29) is 0 Å². The van der Waals surface area contributed by atoms with Gasteiger partial charge in [-0.15, -0.1) is 0 Å². The van der Waals surface area contributed by atoms with E-state index in [1.54, 1.807) is 0 Å². The van der Waals surface area contributed by atoms with Gasteiger partial charge in [0, 0.05) is 12.6 Å². The highest BCUT2D eigenvalue weighted by atomic mass is 15.1. The Morgan fingerprint density at radius 3 is 2.44 bits per heavy atom. The number of hydrogen-bond donors (Lipinski definition) is 0. The van der Waals surface area contributed by atoms with Crippen molar-refractivity contribution >= 4 is 6.08 Å². The van der Waals surface area contributed by atoms with Crippen LogP contribution in [0.15, 0.2) is 30.8 Å². The lowest BCUT2D eigenvalue weighted by molar-refractivity contribution is 0.200. The third-order valence-electron chi connectivity index (χ3n) is 3.35. The molecule has 1 nitrogen and oxygen atoms in total. The van der Waals surface area contributed by atoms with E-state index in [1.807, 2.05) is 6.08 Å². The Morgan fingerprint density at radius 2 is 1.88 bits per heavy atom. The topological polar surface area (TPSA) is 3.24 Å².